The number of pyridine rings is 2. The van der Waals surface area contributed by atoms with E-state index in [-0.39, 0.29) is 64.5 Å². The Labute approximate surface area is 741 Å². The van der Waals surface area contributed by atoms with Crippen LogP contribution in [0.3, 0.4) is 0 Å². The molecule has 6 atom stereocenters. The van der Waals surface area contributed by atoms with Crippen LogP contribution in [0, 0.1) is 90.3 Å². The minimum atomic E-state index is -0.921. The molecule has 30 heteroatoms. The molecule has 10 N–H and O–H groups in total. The number of ether oxygens (including phenoxy) is 2. The van der Waals surface area contributed by atoms with Crippen molar-refractivity contribution in [2.75, 3.05) is 13.2 Å². The zero-order valence-electron chi connectivity index (χ0n) is 73.3. The van der Waals surface area contributed by atoms with Gasteiger partial charge in [-0.15, -0.1) is 0 Å². The van der Waals surface area contributed by atoms with Gasteiger partial charge < -0.3 is 55.9 Å². The van der Waals surface area contributed by atoms with Crippen LogP contribution in [0.25, 0.3) is 66.4 Å². The number of halogens is 7. The first kappa shape index (κ1) is 99.4. The van der Waals surface area contributed by atoms with E-state index in [0.29, 0.717) is 77.2 Å². The van der Waals surface area contributed by atoms with E-state index in [1.54, 1.807) is 67.3 Å². The minimum Gasteiger partial charge on any atom is -0.480 e. The number of carboxylic acid groups (broad SMARTS) is 1. The Morgan fingerprint density at radius 2 is 0.835 bits per heavy atom. The van der Waals surface area contributed by atoms with E-state index >= 15 is 0 Å². The minimum absolute atomic E-state index is 0. The molecular weight excluding hydrogens is 1700 g/mol. The number of rotatable bonds is 25. The van der Waals surface area contributed by atoms with Crippen molar-refractivity contribution in [3.63, 3.8) is 0 Å². The molecule has 0 aliphatic rings. The summed E-state index contributed by atoms with van der Waals surface area (Å²) in [4.78, 5) is 100. The van der Waals surface area contributed by atoms with Crippen LogP contribution >= 0.6 is 15.9 Å². The smallest absolute Gasteiger partial charge is 0.329 e. The van der Waals surface area contributed by atoms with Crippen LogP contribution in [0.4, 0.5) is 26.3 Å². The number of Topliss-reactive ketones (excluding diaryl/α,β-unsaturated/α-hetero) is 1. The van der Waals surface area contributed by atoms with Crippen LogP contribution in [-0.4, -0.2) is 113 Å². The summed E-state index contributed by atoms with van der Waals surface area (Å²) >= 11 is 3.17. The number of primary amides is 2. The number of hydrogen-bond acceptors (Lipinski definition) is 15. The van der Waals surface area contributed by atoms with Gasteiger partial charge in [0.25, 0.3) is 11.8 Å². The highest BCUT2D eigenvalue weighted by molar-refractivity contribution is 9.10. The summed E-state index contributed by atoms with van der Waals surface area (Å²) in [5.74, 6) is -8.02. The van der Waals surface area contributed by atoms with Gasteiger partial charge in [0.1, 0.15) is 51.8 Å². The number of carboxylic acids is 1. The molecule has 4 unspecified atom stereocenters. The van der Waals surface area contributed by atoms with E-state index in [1.165, 1.54) is 82.5 Å². The van der Waals surface area contributed by atoms with E-state index in [0.717, 1.165) is 91.5 Å². The summed E-state index contributed by atoms with van der Waals surface area (Å²) in [6.45, 7) is 28.6. The number of aromatic nitrogens is 10. The number of nitrogens with two attached hydrogens (primary N) is 3. The summed E-state index contributed by atoms with van der Waals surface area (Å²) in [6.07, 6.45) is 12.6. The van der Waals surface area contributed by atoms with Gasteiger partial charge in [-0.05, 0) is 284 Å². The number of esters is 2. The van der Waals surface area contributed by atoms with E-state index in [2.05, 4.69) is 103 Å². The topological polar surface area (TPSA) is 359 Å². The van der Waals surface area contributed by atoms with Crippen molar-refractivity contribution < 1.29 is 75.2 Å². The Bertz CT molecular complexity index is 6170. The van der Waals surface area contributed by atoms with Gasteiger partial charge in [0.15, 0.2) is 5.78 Å². The molecule has 668 valence electrons. The van der Waals surface area contributed by atoms with Gasteiger partial charge in [-0.1, -0.05) is 67.9 Å². The third-order valence-corrected chi connectivity index (χ3v) is 22.6. The van der Waals surface area contributed by atoms with Crippen LogP contribution in [0.2, 0.25) is 0 Å². The first-order valence-electron chi connectivity index (χ1n) is 41.2. The Kier molecular flexibility index (Phi) is 35.8. The van der Waals surface area contributed by atoms with Crippen molar-refractivity contribution in [1.82, 2.24) is 48.6 Å². The SMILES string of the molecule is CCC(C(=O)C[C@@H](Cc1cc(F)cc(F)c1)c1ncccc1-c1ccc(F)c(C(N)=O)c1)n1cnc2cc(C)c(C)cc21.CCC(C(=O)O)n1cnc2cc(C)c(C)cc21.CCOC(=O)C(Br)CC.CCOC(=O)C(CC)n1cnc2cc(C)c(C)cc21.Cc1cc2nc[nH]c2cc1C.NC(=O)c1cc(-c2cccnc2[C@@H](N)Cc2cc(F)cc(F)c2)ccc1F.O. The van der Waals surface area contributed by atoms with Crippen LogP contribution < -0.4 is 17.2 Å². The zero-order chi connectivity index (χ0) is 92.1. The fraction of sp³-hybridized carbons (Fsp3) is 0.299. The second-order valence-corrected chi connectivity index (χ2v) is 31.6. The number of ketones is 1. The fourth-order valence-electron chi connectivity index (χ4n) is 14.4. The quantitative estimate of drug-likeness (QED) is 0.0202. The first-order valence-corrected chi connectivity index (χ1v) is 42.1. The second kappa shape index (κ2) is 45.7. The number of fused-ring (bicyclic) bond motifs is 4. The van der Waals surface area contributed by atoms with Crippen LogP contribution in [-0.2, 0) is 41.5 Å². The van der Waals surface area contributed by atoms with Gasteiger partial charge in [0.05, 0.1) is 117 Å². The summed E-state index contributed by atoms with van der Waals surface area (Å²) in [5, 5.41) is 9.18. The Balaban J connectivity index is 0.000000204. The standard InChI is InChI=1S/C34H31F3N4O2.C20H16F3N3O.C15H20N2O2.C13H16N2O2.C9H10N2.C6H11BrO2.H2O/c1-4-30(41-18-40-29-10-19(2)20(3)11-31(29)41)32(42)16-23(12-21-13-24(35)17-25(36)14-21)33-26(6-5-9-39-33)22-7-8-28(37)27(15-22)34(38)43;21-13-6-11(7-14(22)10-13)8-18(24)19-15(2-1-5-26-19)12-3-4-17(23)16(9-12)20(25)27;1-5-13(15(18)19-6-2)17-9-16-12-7-10(3)11(4)8-14(12)17;1-4-11(13(16)17)15-7-14-10-5-8(2)9(3)6-12(10)15;1-6-3-8-9(4-7(6)2)11-5-10-8;1-3-5(7)6(8)9-4-2;/h5-11,13-15,17-18,23,30H,4,12,16H2,1-3H3,(H2,38,43);1-7,9-10,18H,8,24H2,(H2,25,27);7-9,13H,5-6H2,1-4H3;5-7,11H,4H2,1-3H3,(H,16,17);3-5H,1-2H3,(H,10,11);5H,3-4H2,1-2H3;1H2/t23-,30?;18-;;;;;/m10...../s1. The number of benzene rings is 8. The molecule has 0 radical (unpaired) electrons. The maximum Gasteiger partial charge on any atom is 0.329 e. The lowest BCUT2D eigenvalue weighted by atomic mass is 9.85. The van der Waals surface area contributed by atoms with E-state index in [4.69, 9.17) is 26.7 Å². The highest BCUT2D eigenvalue weighted by Crippen LogP contribution is 2.37. The number of aryl methyl sites for hydroxylation is 8. The molecule has 0 aliphatic heterocycles. The highest BCUT2D eigenvalue weighted by atomic mass is 79.9. The zero-order valence-corrected chi connectivity index (χ0v) is 74.9. The molecule has 0 bridgehead atoms. The number of nitrogens with one attached hydrogen (secondary N) is 1. The lowest BCUT2D eigenvalue weighted by Crippen LogP contribution is -2.22. The predicted molar refractivity (Wildman–Crippen MR) is 484 cm³/mol. The molecule has 23 nitrogen and oxygen atoms in total. The predicted octanol–water partition coefficient (Wildman–Crippen LogP) is 19.6. The molecule has 14 aromatic rings. The Morgan fingerprint density at radius 3 is 1.25 bits per heavy atom. The third kappa shape index (κ3) is 25.4. The lowest BCUT2D eigenvalue weighted by molar-refractivity contribution is -0.147. The highest BCUT2D eigenvalue weighted by Gasteiger charge is 2.30. The lowest BCUT2D eigenvalue weighted by Gasteiger charge is -2.23. The number of carbonyl (C=O) groups is 6. The number of alkyl halides is 1. The van der Waals surface area contributed by atoms with Crippen LogP contribution in [0.15, 0.2) is 183 Å². The number of hydrogen-bond donors (Lipinski definition) is 5. The molecule has 0 aliphatic carbocycles. The van der Waals surface area contributed by atoms with E-state index in [1.807, 2.05) is 95.7 Å². The number of nitrogens with zero attached hydrogens (tertiary/aromatic N) is 9. The summed E-state index contributed by atoms with van der Waals surface area (Å²) < 4.78 is 98.7. The summed E-state index contributed by atoms with van der Waals surface area (Å²) in [6, 6.07) is 35.5. The number of amides is 2. The van der Waals surface area contributed by atoms with Gasteiger partial charge in [-0.25, -0.2) is 55.9 Å². The molecule has 0 saturated carbocycles. The number of H-pyrrole nitrogens is 1. The molecule has 0 spiro atoms. The van der Waals surface area contributed by atoms with Crippen molar-refractivity contribution in [2.24, 2.45) is 17.2 Å². The monoisotopic (exact) mass is 1810 g/mol. The van der Waals surface area contributed by atoms with Crippen molar-refractivity contribution in [1.29, 1.82) is 0 Å². The Morgan fingerprint density at radius 1 is 0.449 bits per heavy atom. The number of aromatic amines is 1. The first-order chi connectivity index (χ1) is 60.0. The summed E-state index contributed by atoms with van der Waals surface area (Å²) in [7, 11) is 0. The average Bonchev–Trinajstić information content (AvgIpc) is 1.42. The van der Waals surface area contributed by atoms with Crippen LogP contribution in [0.5, 0.6) is 0 Å². The maximum atomic E-state index is 14.3. The van der Waals surface area contributed by atoms with E-state index < -0.39 is 76.7 Å². The molecule has 127 heavy (non-hydrogen) atoms. The summed E-state index contributed by atoms with van der Waals surface area (Å²) in [5.41, 5.74) is 37.0. The molecule has 8 aromatic carbocycles. The molecule has 0 saturated heterocycles. The largest absolute Gasteiger partial charge is 0.480 e. The second-order valence-electron chi connectivity index (χ2n) is 30.5. The number of imidazole rings is 4. The van der Waals surface area contributed by atoms with Gasteiger partial charge in [-0.3, -0.25) is 29.1 Å². The molecular formula is C97H106BrF6N13O10. The molecule has 14 rings (SSSR count). The molecule has 0 fully saturated rings. The van der Waals surface area contributed by atoms with Crippen LogP contribution in [0.1, 0.15) is 191 Å². The van der Waals surface area contributed by atoms with Crippen molar-refractivity contribution in [3.05, 3.63) is 296 Å². The Hall–Kier alpha value is -13.1. The molecule has 2 amide bonds. The van der Waals surface area contributed by atoms with Gasteiger partial charge in [0, 0.05) is 48.0 Å². The third-order valence-electron chi connectivity index (χ3n) is 21.6. The maximum absolute atomic E-state index is 14.3. The van der Waals surface area contributed by atoms with E-state index in [9.17, 15) is 60.2 Å². The normalized spacial score (nSPS) is 12.3. The van der Waals surface area contributed by atoms with Gasteiger partial charge >= 0.3 is 17.9 Å². The van der Waals surface area contributed by atoms with Crippen molar-refractivity contribution >= 4 is 95.6 Å². The molecule has 6 heterocycles. The average molecular weight is 1810 g/mol. The van der Waals surface area contributed by atoms with Crippen molar-refractivity contribution in [3.8, 4) is 22.3 Å². The molecule has 6 aromatic heterocycles. The number of carbonyl (C=O) groups excluding carboxylic acids is 5. The van der Waals surface area contributed by atoms with Crippen molar-refractivity contribution in [2.45, 2.75) is 177 Å². The van der Waals surface area contributed by atoms with Gasteiger partial charge in [0.2, 0.25) is 0 Å². The fourth-order valence-corrected chi connectivity index (χ4v) is 14.5. The number of aliphatic carboxylic acids is 1. The van der Waals surface area contributed by atoms with Gasteiger partial charge in [-0.2, -0.15) is 0 Å².